The molecule has 0 heterocycles. The summed E-state index contributed by atoms with van der Waals surface area (Å²) in [6.45, 7) is 9.10. The Morgan fingerprint density at radius 3 is 2.18 bits per heavy atom. The van der Waals surface area contributed by atoms with Gasteiger partial charge < -0.3 is 10.2 Å². The van der Waals surface area contributed by atoms with Gasteiger partial charge in [0.1, 0.15) is 6.54 Å². The zero-order valence-corrected chi connectivity index (χ0v) is 14.4. The molecule has 5 nitrogen and oxygen atoms in total. The van der Waals surface area contributed by atoms with Gasteiger partial charge in [-0.1, -0.05) is 45.0 Å². The summed E-state index contributed by atoms with van der Waals surface area (Å²) in [7, 11) is 3.44. The molecule has 0 aliphatic heterocycles. The highest BCUT2D eigenvalue weighted by molar-refractivity contribution is 5.96. The molecule has 122 valence electrons. The van der Waals surface area contributed by atoms with Crippen LogP contribution in [0.3, 0.4) is 0 Å². The lowest BCUT2D eigenvalue weighted by Crippen LogP contribution is -3.12. The van der Waals surface area contributed by atoms with Crippen LogP contribution in [0.4, 0.5) is 4.79 Å². The smallest absolute Gasteiger partial charge is 0.321 e. The molecule has 0 saturated carbocycles. The number of urea groups is 1. The fourth-order valence-electron chi connectivity index (χ4n) is 2.10. The predicted molar refractivity (Wildman–Crippen MR) is 87.8 cm³/mol. The van der Waals surface area contributed by atoms with Gasteiger partial charge in [-0.25, -0.2) is 4.79 Å². The summed E-state index contributed by atoms with van der Waals surface area (Å²) >= 11 is 0. The molecule has 1 rings (SSSR count). The molecule has 0 aliphatic carbocycles. The highest BCUT2D eigenvalue weighted by Crippen LogP contribution is 2.21. The Kier molecular flexibility index (Phi) is 6.11. The van der Waals surface area contributed by atoms with Crippen LogP contribution < -0.4 is 15.5 Å². The summed E-state index contributed by atoms with van der Waals surface area (Å²) in [6.07, 6.45) is 0. The van der Waals surface area contributed by atoms with Gasteiger partial charge in [0.2, 0.25) is 0 Å². The van der Waals surface area contributed by atoms with Crippen molar-refractivity contribution >= 4 is 11.9 Å². The van der Waals surface area contributed by atoms with Gasteiger partial charge in [-0.15, -0.1) is 0 Å². The largest absolute Gasteiger partial charge is 0.341 e. The Morgan fingerprint density at radius 2 is 1.73 bits per heavy atom. The van der Waals surface area contributed by atoms with E-state index in [4.69, 9.17) is 0 Å². The molecule has 3 N–H and O–H groups in total. The number of imide groups is 1. The maximum Gasteiger partial charge on any atom is 0.321 e. The van der Waals surface area contributed by atoms with E-state index in [0.29, 0.717) is 0 Å². The first-order valence-electron chi connectivity index (χ1n) is 7.59. The molecule has 3 amide bonds. The Labute approximate surface area is 133 Å². The summed E-state index contributed by atoms with van der Waals surface area (Å²) in [5, 5.41) is 4.69. The molecule has 1 aromatic carbocycles. The Morgan fingerprint density at radius 1 is 1.18 bits per heavy atom. The second-order valence-corrected chi connectivity index (χ2v) is 6.76. The van der Waals surface area contributed by atoms with Crippen LogP contribution in [0.2, 0.25) is 0 Å². The van der Waals surface area contributed by atoms with Crippen LogP contribution in [0, 0.1) is 0 Å². The molecule has 0 spiro atoms. The van der Waals surface area contributed by atoms with E-state index in [9.17, 15) is 9.59 Å². The molecule has 22 heavy (non-hydrogen) atoms. The van der Waals surface area contributed by atoms with Gasteiger partial charge in [-0.05, 0) is 17.9 Å². The van der Waals surface area contributed by atoms with Crippen LogP contribution in [0.25, 0.3) is 0 Å². The van der Waals surface area contributed by atoms with Gasteiger partial charge in [0, 0.05) is 12.6 Å². The van der Waals surface area contributed by atoms with Crippen LogP contribution in [-0.2, 0) is 16.8 Å². The number of carbonyl (C=O) groups is 2. The van der Waals surface area contributed by atoms with Crippen molar-refractivity contribution in [3.63, 3.8) is 0 Å². The Hall–Kier alpha value is -1.88. The fourth-order valence-corrected chi connectivity index (χ4v) is 2.10. The quantitative estimate of drug-likeness (QED) is 0.772. The van der Waals surface area contributed by atoms with Crippen LogP contribution in [-0.4, -0.2) is 32.1 Å². The van der Waals surface area contributed by atoms with Crippen LogP contribution in [0.5, 0.6) is 0 Å². The second kappa shape index (κ2) is 7.40. The molecule has 0 bridgehead atoms. The molecular weight excluding hydrogens is 278 g/mol. The van der Waals surface area contributed by atoms with Gasteiger partial charge in [0.15, 0.2) is 6.04 Å². The number of benzene rings is 1. The highest BCUT2D eigenvalue weighted by Gasteiger charge is 2.23. The Bertz CT molecular complexity index is 518. The lowest BCUT2D eigenvalue weighted by atomic mass is 9.87. The number of carbonyl (C=O) groups excluding carboxylic acids is 2. The van der Waals surface area contributed by atoms with Crippen LogP contribution in [0.15, 0.2) is 24.3 Å². The van der Waals surface area contributed by atoms with E-state index in [0.717, 1.165) is 11.4 Å². The van der Waals surface area contributed by atoms with Crippen molar-refractivity contribution in [2.75, 3.05) is 14.1 Å². The van der Waals surface area contributed by atoms with Crippen molar-refractivity contribution in [1.82, 2.24) is 10.6 Å². The third-order valence-electron chi connectivity index (χ3n) is 3.90. The first kappa shape index (κ1) is 18.2. The number of hydrogen-bond donors (Lipinski definition) is 3. The summed E-state index contributed by atoms with van der Waals surface area (Å²) in [6, 6.07) is 7.70. The molecule has 0 saturated heterocycles. The molecule has 0 fully saturated rings. The first-order chi connectivity index (χ1) is 10.1. The molecule has 0 aliphatic rings. The normalized spacial score (nSPS) is 14.1. The van der Waals surface area contributed by atoms with E-state index in [1.807, 2.05) is 14.0 Å². The molecule has 0 radical (unpaired) electrons. The Balaban J connectivity index is 2.66. The van der Waals surface area contributed by atoms with E-state index in [1.165, 1.54) is 18.2 Å². The van der Waals surface area contributed by atoms with E-state index < -0.39 is 6.03 Å². The van der Waals surface area contributed by atoms with Gasteiger partial charge in [-0.2, -0.15) is 0 Å². The molecule has 1 aromatic rings. The predicted octanol–water partition coefficient (Wildman–Crippen LogP) is 0.843. The zero-order chi connectivity index (χ0) is 16.9. The maximum absolute atomic E-state index is 11.9. The van der Waals surface area contributed by atoms with E-state index in [-0.39, 0.29) is 17.4 Å². The minimum atomic E-state index is -0.473. The van der Waals surface area contributed by atoms with E-state index in [1.54, 1.807) is 0 Å². The molecule has 5 heteroatoms. The number of amides is 3. The van der Waals surface area contributed by atoms with Gasteiger partial charge >= 0.3 is 6.03 Å². The average Bonchev–Trinajstić information content (AvgIpc) is 2.45. The van der Waals surface area contributed by atoms with E-state index in [2.05, 4.69) is 55.7 Å². The molecule has 0 aromatic heterocycles. The van der Waals surface area contributed by atoms with Crippen molar-refractivity contribution in [2.45, 2.75) is 45.7 Å². The van der Waals surface area contributed by atoms with Crippen molar-refractivity contribution in [3.8, 4) is 0 Å². The first-order valence-corrected chi connectivity index (χ1v) is 7.59. The third-order valence-corrected chi connectivity index (χ3v) is 3.90. The minimum absolute atomic E-state index is 0.137. The fraction of sp³-hybridized carbons (Fsp3) is 0.529. The van der Waals surface area contributed by atoms with Crippen molar-refractivity contribution in [3.05, 3.63) is 35.4 Å². The molecule has 2 atom stereocenters. The highest BCUT2D eigenvalue weighted by atomic mass is 16.2. The van der Waals surface area contributed by atoms with Crippen LogP contribution >= 0.6 is 0 Å². The molecular formula is C17H28N3O2+. The maximum atomic E-state index is 11.9. The van der Waals surface area contributed by atoms with Gasteiger partial charge in [0.05, 0.1) is 7.05 Å². The number of likely N-dealkylation sites (N-methyl/N-ethyl adjacent to an activating group) is 1. The SMILES string of the molecule is CNC(=O)NC(=O)[C@@H](C)[NH+](C)Cc1ccc(C(C)(C)C)cc1. The van der Waals surface area contributed by atoms with Gasteiger partial charge in [-0.3, -0.25) is 10.1 Å². The summed E-state index contributed by atoms with van der Waals surface area (Å²) < 4.78 is 0. The average molecular weight is 306 g/mol. The zero-order valence-electron chi connectivity index (χ0n) is 14.4. The second-order valence-electron chi connectivity index (χ2n) is 6.76. The van der Waals surface area contributed by atoms with Gasteiger partial charge in [0.25, 0.3) is 5.91 Å². The number of nitrogens with one attached hydrogen (secondary N) is 3. The number of hydrogen-bond acceptors (Lipinski definition) is 2. The van der Waals surface area contributed by atoms with Crippen LogP contribution in [0.1, 0.15) is 38.8 Å². The minimum Gasteiger partial charge on any atom is -0.341 e. The lowest BCUT2D eigenvalue weighted by molar-refractivity contribution is -0.908. The third kappa shape index (κ3) is 5.15. The number of quaternary nitrogens is 1. The summed E-state index contributed by atoms with van der Waals surface area (Å²) in [5.41, 5.74) is 2.60. The van der Waals surface area contributed by atoms with Crippen molar-refractivity contribution < 1.29 is 14.5 Å². The monoisotopic (exact) mass is 306 g/mol. The van der Waals surface area contributed by atoms with E-state index >= 15 is 0 Å². The topological polar surface area (TPSA) is 62.6 Å². The number of rotatable bonds is 4. The molecule has 1 unspecified atom stereocenters. The van der Waals surface area contributed by atoms with Crippen molar-refractivity contribution in [2.24, 2.45) is 0 Å². The standard InChI is InChI=1S/C17H27N3O2/c1-12(15(21)19-16(22)18-5)20(6)11-13-7-9-14(10-8-13)17(2,3)4/h7-10,12H,11H2,1-6H3,(H2,18,19,21,22)/p+1/t12-/m1/s1. The summed E-state index contributed by atoms with van der Waals surface area (Å²) in [5.74, 6) is -0.275. The summed E-state index contributed by atoms with van der Waals surface area (Å²) in [4.78, 5) is 24.2. The van der Waals surface area contributed by atoms with Crippen molar-refractivity contribution in [1.29, 1.82) is 0 Å². The lowest BCUT2D eigenvalue weighted by Gasteiger charge is -2.22.